The Morgan fingerprint density at radius 2 is 2.17 bits per heavy atom. The van der Waals surface area contributed by atoms with E-state index in [0.717, 1.165) is 32.5 Å². The minimum Gasteiger partial charge on any atom is -0.334 e. The molecule has 98 valence electrons. The Balaban J connectivity index is 2.19. The van der Waals surface area contributed by atoms with E-state index in [1.165, 1.54) is 5.56 Å². The summed E-state index contributed by atoms with van der Waals surface area (Å²) in [6.45, 7) is 4.79. The molecule has 18 heavy (non-hydrogen) atoms. The lowest BCUT2D eigenvalue weighted by atomic mass is 10.0. The number of carbonyl (C=O) groups excluding carboxylic acids is 1. The van der Waals surface area contributed by atoms with Crippen molar-refractivity contribution >= 4 is 5.91 Å². The highest BCUT2D eigenvalue weighted by Gasteiger charge is 2.25. The summed E-state index contributed by atoms with van der Waals surface area (Å²) in [5, 5.41) is 3.43. The van der Waals surface area contributed by atoms with Crippen molar-refractivity contribution in [3.05, 3.63) is 35.9 Å². The molecule has 1 fully saturated rings. The van der Waals surface area contributed by atoms with Crippen LogP contribution in [-0.4, -0.2) is 30.4 Å². The highest BCUT2D eigenvalue weighted by atomic mass is 16.2. The number of nitrogens with zero attached hydrogens (tertiary/aromatic N) is 1. The van der Waals surface area contributed by atoms with E-state index in [0.29, 0.717) is 6.42 Å². The van der Waals surface area contributed by atoms with Gasteiger partial charge in [0.1, 0.15) is 0 Å². The largest absolute Gasteiger partial charge is 0.334 e. The second kappa shape index (κ2) is 6.55. The normalized spacial score (nSPS) is 20.5. The molecule has 1 aromatic rings. The number of hydrogen-bond acceptors (Lipinski definition) is 2. The minimum atomic E-state index is 0.188. The molecule has 1 aromatic carbocycles. The molecule has 0 spiro atoms. The third kappa shape index (κ3) is 3.10. The van der Waals surface area contributed by atoms with Crippen molar-refractivity contribution in [1.29, 1.82) is 0 Å². The third-order valence-electron chi connectivity index (χ3n) is 3.44. The van der Waals surface area contributed by atoms with E-state index >= 15 is 0 Å². The Morgan fingerprint density at radius 3 is 2.89 bits per heavy atom. The average Bonchev–Trinajstić information content (AvgIpc) is 2.65. The van der Waals surface area contributed by atoms with Gasteiger partial charge in [-0.15, -0.1) is 0 Å². The first-order valence-corrected chi connectivity index (χ1v) is 6.88. The Kier molecular flexibility index (Phi) is 4.76. The predicted octanol–water partition coefficient (Wildman–Crippen LogP) is 2.35. The van der Waals surface area contributed by atoms with Crippen molar-refractivity contribution in [1.82, 2.24) is 10.2 Å². The number of nitrogens with one attached hydrogen (secondary N) is 1. The van der Waals surface area contributed by atoms with E-state index in [1.54, 1.807) is 0 Å². The second-order valence-corrected chi connectivity index (χ2v) is 4.82. The molecule has 2 rings (SSSR count). The zero-order chi connectivity index (χ0) is 12.8. The van der Waals surface area contributed by atoms with Gasteiger partial charge in [0, 0.05) is 19.5 Å². The fourth-order valence-electron chi connectivity index (χ4n) is 2.51. The molecule has 0 saturated carbocycles. The topological polar surface area (TPSA) is 32.3 Å². The summed E-state index contributed by atoms with van der Waals surface area (Å²) in [5.41, 5.74) is 1.23. The summed E-state index contributed by atoms with van der Waals surface area (Å²) >= 11 is 0. The molecule has 1 aliphatic heterocycles. The number of rotatable bonds is 3. The van der Waals surface area contributed by atoms with Crippen LogP contribution in [0.1, 0.15) is 37.8 Å². The third-order valence-corrected chi connectivity index (χ3v) is 3.44. The van der Waals surface area contributed by atoms with Crippen molar-refractivity contribution in [2.24, 2.45) is 0 Å². The Labute approximate surface area is 109 Å². The van der Waals surface area contributed by atoms with Crippen LogP contribution in [0.4, 0.5) is 0 Å². The second-order valence-electron chi connectivity index (χ2n) is 4.82. The lowest BCUT2D eigenvalue weighted by molar-refractivity contribution is -0.133. The SMILES string of the molecule is CCCC(=O)N1CCCNCC1c1ccccc1. The lowest BCUT2D eigenvalue weighted by Crippen LogP contribution is -2.37. The van der Waals surface area contributed by atoms with Gasteiger partial charge in [-0.1, -0.05) is 37.3 Å². The van der Waals surface area contributed by atoms with Crippen LogP contribution in [0.25, 0.3) is 0 Å². The maximum Gasteiger partial charge on any atom is 0.223 e. The van der Waals surface area contributed by atoms with Crippen LogP contribution in [0.2, 0.25) is 0 Å². The fraction of sp³-hybridized carbons (Fsp3) is 0.533. The first-order valence-electron chi connectivity index (χ1n) is 6.88. The number of carbonyl (C=O) groups is 1. The predicted molar refractivity (Wildman–Crippen MR) is 73.3 cm³/mol. The highest BCUT2D eigenvalue weighted by Crippen LogP contribution is 2.23. The van der Waals surface area contributed by atoms with Gasteiger partial charge >= 0.3 is 0 Å². The van der Waals surface area contributed by atoms with Gasteiger partial charge in [0.25, 0.3) is 0 Å². The van der Waals surface area contributed by atoms with E-state index in [-0.39, 0.29) is 11.9 Å². The molecule has 3 nitrogen and oxygen atoms in total. The van der Waals surface area contributed by atoms with Gasteiger partial charge in [-0.2, -0.15) is 0 Å². The highest BCUT2D eigenvalue weighted by molar-refractivity contribution is 5.76. The summed E-state index contributed by atoms with van der Waals surface area (Å²) in [7, 11) is 0. The van der Waals surface area contributed by atoms with E-state index in [4.69, 9.17) is 0 Å². The summed E-state index contributed by atoms with van der Waals surface area (Å²) < 4.78 is 0. The standard InChI is InChI=1S/C15H22N2O/c1-2-7-15(18)17-11-6-10-16-12-14(17)13-8-4-3-5-9-13/h3-5,8-9,14,16H,2,6-7,10-12H2,1H3. The summed E-state index contributed by atoms with van der Waals surface area (Å²) in [6.07, 6.45) is 2.62. The smallest absolute Gasteiger partial charge is 0.223 e. The van der Waals surface area contributed by atoms with E-state index in [1.807, 2.05) is 18.2 Å². The van der Waals surface area contributed by atoms with Crippen LogP contribution >= 0.6 is 0 Å². The Bertz CT molecular complexity index is 377. The number of hydrogen-bond donors (Lipinski definition) is 1. The van der Waals surface area contributed by atoms with Crippen LogP contribution < -0.4 is 5.32 Å². The molecule has 1 aliphatic rings. The van der Waals surface area contributed by atoms with Crippen LogP contribution in [-0.2, 0) is 4.79 Å². The van der Waals surface area contributed by atoms with Gasteiger partial charge in [-0.25, -0.2) is 0 Å². The fourth-order valence-corrected chi connectivity index (χ4v) is 2.51. The van der Waals surface area contributed by atoms with Gasteiger partial charge < -0.3 is 10.2 Å². The van der Waals surface area contributed by atoms with E-state index < -0.39 is 0 Å². The van der Waals surface area contributed by atoms with E-state index in [2.05, 4.69) is 29.3 Å². The van der Waals surface area contributed by atoms with Crippen molar-refractivity contribution in [2.75, 3.05) is 19.6 Å². The van der Waals surface area contributed by atoms with Gasteiger partial charge in [-0.05, 0) is 24.9 Å². The average molecular weight is 246 g/mol. The molecular weight excluding hydrogens is 224 g/mol. The summed E-state index contributed by atoms with van der Waals surface area (Å²) in [4.78, 5) is 14.3. The molecule has 1 N–H and O–H groups in total. The first kappa shape index (κ1) is 13.1. The minimum absolute atomic E-state index is 0.188. The Hall–Kier alpha value is -1.35. The van der Waals surface area contributed by atoms with Crippen molar-refractivity contribution in [2.45, 2.75) is 32.2 Å². The first-order chi connectivity index (χ1) is 8.83. The van der Waals surface area contributed by atoms with Crippen LogP contribution in [0, 0.1) is 0 Å². The zero-order valence-electron chi connectivity index (χ0n) is 11.1. The van der Waals surface area contributed by atoms with Gasteiger partial charge in [-0.3, -0.25) is 4.79 Å². The molecule has 0 aliphatic carbocycles. The number of amides is 1. The van der Waals surface area contributed by atoms with Crippen LogP contribution in [0.3, 0.4) is 0 Å². The summed E-state index contributed by atoms with van der Waals surface area (Å²) in [5.74, 6) is 0.287. The van der Waals surface area contributed by atoms with Gasteiger partial charge in [0.05, 0.1) is 6.04 Å². The lowest BCUT2D eigenvalue weighted by Gasteiger charge is -2.30. The molecule has 3 heteroatoms. The maximum absolute atomic E-state index is 12.2. The summed E-state index contributed by atoms with van der Waals surface area (Å²) in [6, 6.07) is 10.5. The molecule has 1 atom stereocenters. The molecular formula is C15H22N2O. The zero-order valence-corrected chi connectivity index (χ0v) is 11.1. The molecule has 0 aromatic heterocycles. The van der Waals surface area contributed by atoms with Gasteiger partial charge in [0.2, 0.25) is 5.91 Å². The molecule has 1 amide bonds. The van der Waals surface area contributed by atoms with E-state index in [9.17, 15) is 4.79 Å². The number of benzene rings is 1. The van der Waals surface area contributed by atoms with Gasteiger partial charge in [0.15, 0.2) is 0 Å². The molecule has 0 bridgehead atoms. The van der Waals surface area contributed by atoms with Crippen LogP contribution in [0.5, 0.6) is 0 Å². The maximum atomic E-state index is 12.2. The Morgan fingerprint density at radius 1 is 1.39 bits per heavy atom. The molecule has 0 radical (unpaired) electrons. The van der Waals surface area contributed by atoms with Crippen molar-refractivity contribution < 1.29 is 4.79 Å². The monoisotopic (exact) mass is 246 g/mol. The molecule has 1 heterocycles. The van der Waals surface area contributed by atoms with Crippen molar-refractivity contribution in [3.8, 4) is 0 Å². The van der Waals surface area contributed by atoms with Crippen LogP contribution in [0.15, 0.2) is 30.3 Å². The quantitative estimate of drug-likeness (QED) is 0.888. The van der Waals surface area contributed by atoms with Crippen molar-refractivity contribution in [3.63, 3.8) is 0 Å². The molecule has 1 unspecified atom stereocenters. The molecule has 1 saturated heterocycles.